The molecule has 0 unspecified atom stereocenters. The number of fused-ring (bicyclic) bond motifs is 3. The molecule has 1 aliphatic rings. The number of aryl methyl sites for hydroxylation is 1. The van der Waals surface area contributed by atoms with Crippen molar-refractivity contribution in [3.63, 3.8) is 0 Å². The maximum absolute atomic E-state index is 12.6. The molecule has 0 amide bonds. The van der Waals surface area contributed by atoms with Crippen molar-refractivity contribution < 1.29 is 9.53 Å². The van der Waals surface area contributed by atoms with Crippen LogP contribution in [-0.2, 0) is 24.2 Å². The molecule has 0 bridgehead atoms. The number of aromatic nitrogens is 3. The number of thioether (sulfide) groups is 1. The molecule has 0 aliphatic heterocycles. The molecule has 3 aromatic rings. The first kappa shape index (κ1) is 18.2. The van der Waals surface area contributed by atoms with Crippen LogP contribution in [0.3, 0.4) is 0 Å². The van der Waals surface area contributed by atoms with Crippen molar-refractivity contribution in [1.82, 2.24) is 15.0 Å². The van der Waals surface area contributed by atoms with E-state index in [2.05, 4.69) is 21.9 Å². The summed E-state index contributed by atoms with van der Waals surface area (Å²) in [5, 5.41) is 1.31. The Morgan fingerprint density at radius 2 is 2.33 bits per heavy atom. The highest BCUT2D eigenvalue weighted by Crippen LogP contribution is 2.35. The van der Waals surface area contributed by atoms with E-state index in [-0.39, 0.29) is 12.2 Å². The highest BCUT2D eigenvalue weighted by Gasteiger charge is 2.23. The Hall–Kier alpha value is -2.19. The predicted molar refractivity (Wildman–Crippen MR) is 107 cm³/mol. The minimum Gasteiger partial charge on any atom is -0.454 e. The molecule has 0 radical (unpaired) electrons. The number of hydrogen-bond donors (Lipinski definition) is 1. The first-order valence-electron chi connectivity index (χ1n) is 8.76. The number of carbonyl (C=O) groups excluding carboxylic acids is 1. The molecular weight excluding hydrogens is 382 g/mol. The molecule has 0 aromatic carbocycles. The van der Waals surface area contributed by atoms with Crippen molar-refractivity contribution in [2.24, 2.45) is 5.92 Å². The van der Waals surface area contributed by atoms with Crippen LogP contribution in [0.2, 0.25) is 0 Å². The SMILES string of the molecule is CSc1ncccc1C(=O)OCc1nc2sc3c(c2c(=O)[nH]1)CC[C@@H](C)C3. The van der Waals surface area contributed by atoms with Gasteiger partial charge in [-0.05, 0) is 49.1 Å². The van der Waals surface area contributed by atoms with Crippen LogP contribution in [0.1, 0.15) is 40.0 Å². The first-order valence-corrected chi connectivity index (χ1v) is 10.8. The van der Waals surface area contributed by atoms with Crippen molar-refractivity contribution in [1.29, 1.82) is 0 Å². The number of aromatic amines is 1. The number of nitrogens with zero attached hydrogens (tertiary/aromatic N) is 2. The Kier molecular flexibility index (Phi) is 5.01. The van der Waals surface area contributed by atoms with Crippen molar-refractivity contribution in [2.75, 3.05) is 6.26 Å². The summed E-state index contributed by atoms with van der Waals surface area (Å²) >= 11 is 2.96. The smallest absolute Gasteiger partial charge is 0.341 e. The average molecular weight is 402 g/mol. The molecule has 1 N–H and O–H groups in total. The molecule has 0 spiro atoms. The average Bonchev–Trinajstić information content (AvgIpc) is 3.03. The van der Waals surface area contributed by atoms with E-state index in [0.29, 0.717) is 27.7 Å². The number of thiophene rings is 1. The van der Waals surface area contributed by atoms with Crippen LogP contribution in [0, 0.1) is 5.92 Å². The number of ether oxygens (including phenoxy) is 1. The molecule has 4 rings (SSSR count). The molecule has 1 aliphatic carbocycles. The fraction of sp³-hybridized carbons (Fsp3) is 0.368. The van der Waals surface area contributed by atoms with E-state index < -0.39 is 5.97 Å². The second kappa shape index (κ2) is 7.44. The van der Waals surface area contributed by atoms with Crippen LogP contribution < -0.4 is 5.56 Å². The fourth-order valence-corrected chi connectivity index (χ4v) is 5.32. The van der Waals surface area contributed by atoms with Crippen LogP contribution in [0.5, 0.6) is 0 Å². The minimum atomic E-state index is -0.477. The topological polar surface area (TPSA) is 84.9 Å². The third kappa shape index (κ3) is 3.51. The maximum atomic E-state index is 12.6. The molecule has 140 valence electrons. The van der Waals surface area contributed by atoms with E-state index in [1.165, 1.54) is 16.6 Å². The third-order valence-corrected chi connectivity index (χ3v) is 6.60. The third-order valence-electron chi connectivity index (χ3n) is 4.74. The quantitative estimate of drug-likeness (QED) is 0.531. The molecule has 0 fully saturated rings. The number of H-pyrrole nitrogens is 1. The molecule has 3 heterocycles. The number of pyridine rings is 1. The zero-order chi connectivity index (χ0) is 19.0. The molecule has 0 saturated heterocycles. The van der Waals surface area contributed by atoms with Gasteiger partial charge in [0.25, 0.3) is 5.56 Å². The van der Waals surface area contributed by atoms with Gasteiger partial charge in [-0.15, -0.1) is 23.1 Å². The van der Waals surface area contributed by atoms with Gasteiger partial charge in [-0.3, -0.25) is 4.79 Å². The number of carbonyl (C=O) groups is 1. The Bertz CT molecular complexity index is 1070. The summed E-state index contributed by atoms with van der Waals surface area (Å²) in [6.45, 7) is 2.16. The zero-order valence-corrected chi connectivity index (χ0v) is 16.7. The van der Waals surface area contributed by atoms with Gasteiger partial charge in [0.1, 0.15) is 22.3 Å². The minimum absolute atomic E-state index is 0.0777. The summed E-state index contributed by atoms with van der Waals surface area (Å²) in [4.78, 5) is 38.4. The van der Waals surface area contributed by atoms with Gasteiger partial charge >= 0.3 is 5.97 Å². The van der Waals surface area contributed by atoms with E-state index in [0.717, 1.165) is 29.7 Å². The van der Waals surface area contributed by atoms with Gasteiger partial charge < -0.3 is 9.72 Å². The maximum Gasteiger partial charge on any atom is 0.341 e. The van der Waals surface area contributed by atoms with E-state index in [1.54, 1.807) is 29.7 Å². The summed E-state index contributed by atoms with van der Waals surface area (Å²) in [7, 11) is 0. The molecule has 1 atom stereocenters. The summed E-state index contributed by atoms with van der Waals surface area (Å²) < 4.78 is 5.36. The molecule has 8 heteroatoms. The molecule has 3 aromatic heterocycles. The highest BCUT2D eigenvalue weighted by atomic mass is 32.2. The van der Waals surface area contributed by atoms with E-state index in [9.17, 15) is 9.59 Å². The van der Waals surface area contributed by atoms with Crippen molar-refractivity contribution in [3.8, 4) is 0 Å². The van der Waals surface area contributed by atoms with E-state index >= 15 is 0 Å². The molecule has 27 heavy (non-hydrogen) atoms. The van der Waals surface area contributed by atoms with Crippen LogP contribution in [0.4, 0.5) is 0 Å². The van der Waals surface area contributed by atoms with E-state index in [4.69, 9.17) is 4.74 Å². The number of nitrogens with one attached hydrogen (secondary N) is 1. The largest absolute Gasteiger partial charge is 0.454 e. The van der Waals surface area contributed by atoms with Crippen molar-refractivity contribution >= 4 is 39.3 Å². The molecule has 6 nitrogen and oxygen atoms in total. The second-order valence-corrected chi connectivity index (χ2v) is 8.56. The predicted octanol–water partition coefficient (Wildman–Crippen LogP) is 3.58. The Balaban J connectivity index is 1.58. The van der Waals surface area contributed by atoms with Gasteiger partial charge in [0.05, 0.1) is 10.9 Å². The van der Waals surface area contributed by atoms with Crippen LogP contribution >= 0.6 is 23.1 Å². The van der Waals surface area contributed by atoms with Gasteiger partial charge in [0, 0.05) is 11.1 Å². The zero-order valence-electron chi connectivity index (χ0n) is 15.1. The number of rotatable bonds is 4. The van der Waals surface area contributed by atoms with Crippen molar-refractivity contribution in [3.05, 3.63) is 50.5 Å². The monoisotopic (exact) mass is 401 g/mol. The number of hydrogen-bond acceptors (Lipinski definition) is 7. The lowest BCUT2D eigenvalue weighted by Gasteiger charge is -2.17. The molecular formula is C19H19N3O3S2. The van der Waals surface area contributed by atoms with Crippen LogP contribution in [0.25, 0.3) is 10.2 Å². The summed E-state index contributed by atoms with van der Waals surface area (Å²) in [5.74, 6) is 0.520. The van der Waals surface area contributed by atoms with Gasteiger partial charge in [0.2, 0.25) is 0 Å². The Morgan fingerprint density at radius 1 is 1.48 bits per heavy atom. The lowest BCUT2D eigenvalue weighted by Crippen LogP contribution is -2.16. The van der Waals surface area contributed by atoms with Gasteiger partial charge in [-0.1, -0.05) is 6.92 Å². The first-order chi connectivity index (χ1) is 13.1. The highest BCUT2D eigenvalue weighted by molar-refractivity contribution is 7.98. The molecule has 0 saturated carbocycles. The Labute approximate surface area is 164 Å². The lowest BCUT2D eigenvalue weighted by molar-refractivity contribution is 0.0457. The van der Waals surface area contributed by atoms with Crippen LogP contribution in [0.15, 0.2) is 28.2 Å². The summed E-state index contributed by atoms with van der Waals surface area (Å²) in [6.07, 6.45) is 6.51. The lowest BCUT2D eigenvalue weighted by atomic mass is 9.89. The van der Waals surface area contributed by atoms with Crippen molar-refractivity contribution in [2.45, 2.75) is 37.8 Å². The second-order valence-electron chi connectivity index (χ2n) is 6.68. The number of esters is 1. The normalized spacial score (nSPS) is 16.3. The van der Waals surface area contributed by atoms with Gasteiger partial charge in [-0.25, -0.2) is 14.8 Å². The van der Waals surface area contributed by atoms with Gasteiger partial charge in [-0.2, -0.15) is 0 Å². The Morgan fingerprint density at radius 3 is 3.15 bits per heavy atom. The summed E-state index contributed by atoms with van der Waals surface area (Å²) in [5.41, 5.74) is 1.41. The summed E-state index contributed by atoms with van der Waals surface area (Å²) in [6, 6.07) is 3.37. The van der Waals surface area contributed by atoms with E-state index in [1.807, 2.05) is 6.26 Å². The van der Waals surface area contributed by atoms with Gasteiger partial charge in [0.15, 0.2) is 0 Å². The standard InChI is InChI=1S/C19H19N3O3S2/c1-10-5-6-11-13(8-10)27-18-15(11)16(23)21-14(22-18)9-25-19(24)12-4-3-7-20-17(12)26-2/h3-4,7,10H,5-6,8-9H2,1-2H3,(H,21,22,23)/t10-/m1/s1. The fourth-order valence-electron chi connectivity index (χ4n) is 3.38. The van der Waals surface area contributed by atoms with Crippen LogP contribution in [-0.4, -0.2) is 27.2 Å².